The van der Waals surface area contributed by atoms with E-state index in [0.29, 0.717) is 24.7 Å². The average molecular weight is 440 g/mol. The number of imide groups is 1. The van der Waals surface area contributed by atoms with Crippen molar-refractivity contribution in [2.24, 2.45) is 0 Å². The highest BCUT2D eigenvalue weighted by atomic mass is 19.1. The summed E-state index contributed by atoms with van der Waals surface area (Å²) in [7, 11) is 0. The fourth-order valence-corrected chi connectivity index (χ4v) is 4.27. The predicted octanol–water partition coefficient (Wildman–Crippen LogP) is 3.93. The van der Waals surface area contributed by atoms with E-state index in [1.165, 1.54) is 11.0 Å². The zero-order chi connectivity index (χ0) is 22.7. The Balaban J connectivity index is 1.41. The summed E-state index contributed by atoms with van der Waals surface area (Å²) in [6.07, 6.45) is 1.89. The lowest BCUT2D eigenvalue weighted by molar-refractivity contribution is -0.126. The monoisotopic (exact) mass is 439 g/mol. The lowest BCUT2D eigenvalue weighted by atomic mass is 10.0. The molecule has 6 nitrogen and oxygen atoms in total. The highest BCUT2D eigenvalue weighted by Crippen LogP contribution is 2.24. The van der Waals surface area contributed by atoms with Crippen molar-refractivity contribution < 1.29 is 18.7 Å². The van der Waals surface area contributed by atoms with Crippen molar-refractivity contribution in [1.29, 1.82) is 0 Å². The predicted molar refractivity (Wildman–Crippen MR) is 120 cm³/mol. The second-order valence-corrected chi connectivity index (χ2v) is 8.77. The van der Waals surface area contributed by atoms with Gasteiger partial charge in [-0.1, -0.05) is 30.3 Å². The van der Waals surface area contributed by atoms with E-state index in [0.717, 1.165) is 42.7 Å². The molecule has 0 bridgehead atoms. The summed E-state index contributed by atoms with van der Waals surface area (Å²) < 4.78 is 19.7. The molecule has 2 aliphatic rings. The number of amides is 3. The van der Waals surface area contributed by atoms with Gasteiger partial charge in [-0.05, 0) is 55.5 Å². The van der Waals surface area contributed by atoms with E-state index in [2.05, 4.69) is 5.32 Å². The molecule has 7 heteroatoms. The summed E-state index contributed by atoms with van der Waals surface area (Å²) in [4.78, 5) is 27.5. The standard InChI is InChI=1S/C25H30FN3O3/c1-17(2)29-24(30)16-28(25(29)31)15-18-3-5-19(6-4-18)20-7-8-23(26)21(13-20)14-27-22-9-11-32-12-10-22/h3-8,13,17,22,27H,9-12,14-16H2,1-2H3. The first-order valence-corrected chi connectivity index (χ1v) is 11.2. The topological polar surface area (TPSA) is 61.9 Å². The Morgan fingerprint density at radius 1 is 1.06 bits per heavy atom. The van der Waals surface area contributed by atoms with Crippen LogP contribution in [0, 0.1) is 5.82 Å². The second kappa shape index (κ2) is 9.79. The van der Waals surface area contributed by atoms with Crippen molar-refractivity contribution in [2.45, 2.75) is 51.9 Å². The molecule has 0 saturated carbocycles. The quantitative estimate of drug-likeness (QED) is 0.664. The largest absolute Gasteiger partial charge is 0.381 e. The van der Waals surface area contributed by atoms with E-state index in [1.54, 1.807) is 11.0 Å². The van der Waals surface area contributed by atoms with Gasteiger partial charge < -0.3 is 15.0 Å². The van der Waals surface area contributed by atoms with Crippen LogP contribution in [-0.4, -0.2) is 53.6 Å². The minimum absolute atomic E-state index is 0.111. The van der Waals surface area contributed by atoms with Crippen molar-refractivity contribution in [3.05, 3.63) is 59.4 Å². The van der Waals surface area contributed by atoms with E-state index < -0.39 is 0 Å². The van der Waals surface area contributed by atoms with Gasteiger partial charge >= 0.3 is 6.03 Å². The second-order valence-electron chi connectivity index (χ2n) is 8.77. The van der Waals surface area contributed by atoms with Crippen molar-refractivity contribution in [3.8, 4) is 11.1 Å². The van der Waals surface area contributed by atoms with Gasteiger partial charge in [0.25, 0.3) is 5.91 Å². The number of carbonyl (C=O) groups excluding carboxylic acids is 2. The van der Waals surface area contributed by atoms with Crippen LogP contribution in [0.25, 0.3) is 11.1 Å². The van der Waals surface area contributed by atoms with Crippen LogP contribution in [0.1, 0.15) is 37.8 Å². The van der Waals surface area contributed by atoms with Crippen LogP contribution in [0.2, 0.25) is 0 Å². The normalized spacial score (nSPS) is 17.6. The number of nitrogens with one attached hydrogen (secondary N) is 1. The van der Waals surface area contributed by atoms with Gasteiger partial charge in [-0.2, -0.15) is 0 Å². The summed E-state index contributed by atoms with van der Waals surface area (Å²) in [5, 5.41) is 3.44. The third-order valence-electron chi connectivity index (χ3n) is 6.10. The molecule has 32 heavy (non-hydrogen) atoms. The molecule has 1 N–H and O–H groups in total. The Bertz CT molecular complexity index is 971. The number of nitrogens with zero attached hydrogens (tertiary/aromatic N) is 2. The Morgan fingerprint density at radius 2 is 1.75 bits per heavy atom. The number of rotatable bonds is 7. The van der Waals surface area contributed by atoms with Crippen molar-refractivity contribution in [2.75, 3.05) is 19.8 Å². The molecular weight excluding hydrogens is 409 g/mol. The molecule has 0 spiro atoms. The summed E-state index contributed by atoms with van der Waals surface area (Å²) >= 11 is 0. The molecule has 0 aliphatic carbocycles. The van der Waals surface area contributed by atoms with E-state index in [9.17, 15) is 14.0 Å². The van der Waals surface area contributed by atoms with Crippen LogP contribution in [0.5, 0.6) is 0 Å². The first-order chi connectivity index (χ1) is 15.4. The average Bonchev–Trinajstić information content (AvgIpc) is 3.07. The van der Waals surface area contributed by atoms with Crippen LogP contribution >= 0.6 is 0 Å². The third-order valence-corrected chi connectivity index (χ3v) is 6.10. The number of ether oxygens (including phenoxy) is 1. The van der Waals surface area contributed by atoms with Crippen LogP contribution in [0.4, 0.5) is 9.18 Å². The molecule has 0 aromatic heterocycles. The SMILES string of the molecule is CC(C)N1C(=O)CN(Cc2ccc(-c3ccc(F)c(CNC4CCOCC4)c3)cc2)C1=O. The number of hydrogen-bond acceptors (Lipinski definition) is 4. The van der Waals surface area contributed by atoms with E-state index in [4.69, 9.17) is 4.74 Å². The van der Waals surface area contributed by atoms with E-state index in [-0.39, 0.29) is 30.3 Å². The molecular formula is C25H30FN3O3. The van der Waals surface area contributed by atoms with Gasteiger partial charge in [0.15, 0.2) is 0 Å². The smallest absolute Gasteiger partial charge is 0.327 e. The zero-order valence-corrected chi connectivity index (χ0v) is 18.6. The fourth-order valence-electron chi connectivity index (χ4n) is 4.27. The molecule has 2 heterocycles. The number of benzene rings is 2. The van der Waals surface area contributed by atoms with Crippen molar-refractivity contribution in [1.82, 2.24) is 15.1 Å². The molecule has 2 saturated heterocycles. The molecule has 3 amide bonds. The number of urea groups is 1. The number of carbonyl (C=O) groups is 2. The van der Waals surface area contributed by atoms with Crippen LogP contribution < -0.4 is 5.32 Å². The van der Waals surface area contributed by atoms with Gasteiger partial charge in [0.05, 0.1) is 0 Å². The molecule has 0 atom stereocenters. The minimum Gasteiger partial charge on any atom is -0.381 e. The van der Waals surface area contributed by atoms with Crippen LogP contribution in [0.3, 0.4) is 0 Å². The summed E-state index contributed by atoms with van der Waals surface area (Å²) in [6, 6.07) is 13.0. The third kappa shape index (κ3) is 5.00. The molecule has 2 aromatic rings. The van der Waals surface area contributed by atoms with E-state index in [1.807, 2.05) is 44.2 Å². The maximum atomic E-state index is 14.4. The Kier molecular flexibility index (Phi) is 6.86. The molecule has 2 aliphatic heterocycles. The van der Waals surface area contributed by atoms with Gasteiger partial charge in [0.2, 0.25) is 0 Å². The highest BCUT2D eigenvalue weighted by molar-refractivity contribution is 6.02. The number of halogens is 1. The lowest BCUT2D eigenvalue weighted by Gasteiger charge is -2.23. The maximum Gasteiger partial charge on any atom is 0.327 e. The molecule has 0 unspecified atom stereocenters. The van der Waals surface area contributed by atoms with E-state index >= 15 is 0 Å². The molecule has 4 rings (SSSR count). The zero-order valence-electron chi connectivity index (χ0n) is 18.6. The van der Waals surface area contributed by atoms with Gasteiger partial charge in [0.1, 0.15) is 12.4 Å². The van der Waals surface area contributed by atoms with Gasteiger partial charge in [-0.25, -0.2) is 9.18 Å². The van der Waals surface area contributed by atoms with Gasteiger partial charge in [-0.15, -0.1) is 0 Å². The molecule has 2 aromatic carbocycles. The fraction of sp³-hybridized carbons (Fsp3) is 0.440. The Morgan fingerprint density at radius 3 is 2.41 bits per heavy atom. The highest BCUT2D eigenvalue weighted by Gasteiger charge is 2.37. The Hall–Kier alpha value is -2.77. The van der Waals surface area contributed by atoms with Gasteiger partial charge in [0, 0.05) is 44.0 Å². The maximum absolute atomic E-state index is 14.4. The summed E-state index contributed by atoms with van der Waals surface area (Å²) in [5.41, 5.74) is 3.52. The Labute approximate surface area is 188 Å². The van der Waals surface area contributed by atoms with Crippen molar-refractivity contribution >= 4 is 11.9 Å². The van der Waals surface area contributed by atoms with Crippen LogP contribution in [0.15, 0.2) is 42.5 Å². The molecule has 170 valence electrons. The summed E-state index contributed by atoms with van der Waals surface area (Å²) in [5.74, 6) is -0.369. The van der Waals surface area contributed by atoms with Crippen LogP contribution in [-0.2, 0) is 22.6 Å². The molecule has 2 fully saturated rings. The van der Waals surface area contributed by atoms with Crippen molar-refractivity contribution in [3.63, 3.8) is 0 Å². The van der Waals surface area contributed by atoms with Gasteiger partial charge in [-0.3, -0.25) is 9.69 Å². The molecule has 0 radical (unpaired) electrons. The number of hydrogen-bond donors (Lipinski definition) is 1. The first-order valence-electron chi connectivity index (χ1n) is 11.2. The lowest BCUT2D eigenvalue weighted by Crippen LogP contribution is -2.37. The minimum atomic E-state index is -0.241. The first kappa shape index (κ1) is 22.4. The summed E-state index contributed by atoms with van der Waals surface area (Å²) in [6.45, 7) is 6.16.